The quantitative estimate of drug-likeness (QED) is 0.728. The van der Waals surface area contributed by atoms with Gasteiger partial charge in [-0.2, -0.15) is 0 Å². The maximum absolute atomic E-state index is 13.0. The summed E-state index contributed by atoms with van der Waals surface area (Å²) >= 11 is 0. The molecule has 1 saturated heterocycles. The minimum atomic E-state index is -0.815. The molecule has 0 radical (unpaired) electrons. The van der Waals surface area contributed by atoms with E-state index in [0.29, 0.717) is 32.5 Å². The summed E-state index contributed by atoms with van der Waals surface area (Å²) in [4.78, 5) is 41.2. The van der Waals surface area contributed by atoms with E-state index in [-0.39, 0.29) is 18.4 Å². The summed E-state index contributed by atoms with van der Waals surface area (Å²) in [6.45, 7) is 0.975. The van der Waals surface area contributed by atoms with Crippen molar-refractivity contribution in [2.24, 2.45) is 0 Å². The fraction of sp³-hybridized carbons (Fsp3) is 0.571. The van der Waals surface area contributed by atoms with Crippen LogP contribution in [0.15, 0.2) is 30.3 Å². The lowest BCUT2D eigenvalue weighted by Gasteiger charge is -2.26. The highest BCUT2D eigenvalue weighted by atomic mass is 16.5. The molecule has 0 bridgehead atoms. The van der Waals surface area contributed by atoms with E-state index in [1.54, 1.807) is 12.0 Å². The average Bonchev–Trinajstić information content (AvgIpc) is 2.86. The fourth-order valence-corrected chi connectivity index (χ4v) is 4.02. The van der Waals surface area contributed by atoms with Crippen molar-refractivity contribution in [1.82, 2.24) is 15.1 Å². The number of hydrogen-bond acceptors (Lipinski definition) is 4. The van der Waals surface area contributed by atoms with E-state index in [1.807, 2.05) is 30.3 Å². The number of urea groups is 1. The largest absolute Gasteiger partial charge is 0.383 e. The third-order valence-corrected chi connectivity index (χ3v) is 5.63. The zero-order chi connectivity index (χ0) is 20.0. The molecular formula is C21H29N3O4. The van der Waals surface area contributed by atoms with Gasteiger partial charge in [0.15, 0.2) is 0 Å². The van der Waals surface area contributed by atoms with Crippen LogP contribution in [0.2, 0.25) is 0 Å². The molecule has 0 unspecified atom stereocenters. The van der Waals surface area contributed by atoms with Gasteiger partial charge in [0.05, 0.1) is 6.61 Å². The average molecular weight is 387 g/mol. The Kier molecular flexibility index (Phi) is 6.67. The molecule has 1 saturated carbocycles. The van der Waals surface area contributed by atoms with E-state index in [0.717, 1.165) is 36.1 Å². The maximum Gasteiger partial charge on any atom is 0.325 e. The molecule has 1 heterocycles. The number of rotatable bonds is 7. The van der Waals surface area contributed by atoms with E-state index in [9.17, 15) is 14.4 Å². The van der Waals surface area contributed by atoms with Gasteiger partial charge in [0.25, 0.3) is 5.91 Å². The number of ether oxygens (including phenoxy) is 1. The molecule has 1 spiro atoms. The predicted octanol–water partition coefficient (Wildman–Crippen LogP) is 2.31. The third kappa shape index (κ3) is 4.52. The van der Waals surface area contributed by atoms with Crippen molar-refractivity contribution >= 4 is 17.8 Å². The normalized spacial score (nSPS) is 18.8. The van der Waals surface area contributed by atoms with Gasteiger partial charge in [0.2, 0.25) is 5.91 Å². The lowest BCUT2D eigenvalue weighted by Crippen LogP contribution is -2.47. The van der Waals surface area contributed by atoms with E-state index in [1.165, 1.54) is 0 Å². The molecule has 1 aromatic rings. The van der Waals surface area contributed by atoms with Crippen molar-refractivity contribution in [3.8, 4) is 0 Å². The van der Waals surface area contributed by atoms with E-state index in [2.05, 4.69) is 5.32 Å². The number of carbonyl (C=O) groups is 3. The minimum Gasteiger partial charge on any atom is -0.383 e. The molecule has 3 rings (SSSR count). The first-order chi connectivity index (χ1) is 13.6. The number of hydrogen-bond donors (Lipinski definition) is 1. The van der Waals surface area contributed by atoms with Gasteiger partial charge in [0, 0.05) is 20.2 Å². The second-order valence-electron chi connectivity index (χ2n) is 7.61. The molecule has 0 aromatic heterocycles. The first-order valence-corrected chi connectivity index (χ1v) is 10.0. The van der Waals surface area contributed by atoms with Gasteiger partial charge in [-0.3, -0.25) is 14.5 Å². The summed E-state index contributed by atoms with van der Waals surface area (Å²) < 4.78 is 5.12. The van der Waals surface area contributed by atoms with Crippen molar-refractivity contribution < 1.29 is 19.1 Å². The summed E-state index contributed by atoms with van der Waals surface area (Å²) in [5, 5.41) is 2.89. The number of nitrogens with zero attached hydrogens (tertiary/aromatic N) is 2. The number of amides is 4. The molecule has 1 N–H and O–H groups in total. The second-order valence-corrected chi connectivity index (χ2v) is 7.61. The summed E-state index contributed by atoms with van der Waals surface area (Å²) in [5.74, 6) is -0.505. The Labute approximate surface area is 166 Å². The fourth-order valence-electron chi connectivity index (χ4n) is 4.02. The standard InChI is InChI=1S/C21H29N3O4/c1-28-14-13-23(15-17-9-5-4-6-10-17)18(25)16-24-19(26)21(22-20(24)27)11-7-2-3-8-12-21/h4-6,9-10H,2-3,7-8,11-16H2,1H3,(H,22,27). The van der Waals surface area contributed by atoms with Crippen LogP contribution in [-0.2, 0) is 20.9 Å². The first kappa shape index (κ1) is 20.3. The van der Waals surface area contributed by atoms with Gasteiger partial charge in [-0.15, -0.1) is 0 Å². The van der Waals surface area contributed by atoms with Gasteiger partial charge < -0.3 is 15.0 Å². The Morgan fingerprint density at radius 1 is 1.14 bits per heavy atom. The minimum absolute atomic E-state index is 0.233. The molecule has 1 aliphatic carbocycles. The molecule has 152 valence electrons. The Morgan fingerprint density at radius 3 is 2.46 bits per heavy atom. The van der Waals surface area contributed by atoms with Gasteiger partial charge >= 0.3 is 6.03 Å². The molecule has 2 aliphatic rings. The van der Waals surface area contributed by atoms with Crippen LogP contribution >= 0.6 is 0 Å². The van der Waals surface area contributed by atoms with E-state index >= 15 is 0 Å². The zero-order valence-corrected chi connectivity index (χ0v) is 16.5. The summed E-state index contributed by atoms with van der Waals surface area (Å²) in [6.07, 6.45) is 5.29. The van der Waals surface area contributed by atoms with Crippen molar-refractivity contribution in [3.05, 3.63) is 35.9 Å². The predicted molar refractivity (Wildman–Crippen MR) is 104 cm³/mol. The molecule has 4 amide bonds. The number of nitrogens with one attached hydrogen (secondary N) is 1. The molecule has 7 nitrogen and oxygen atoms in total. The smallest absolute Gasteiger partial charge is 0.325 e. The van der Waals surface area contributed by atoms with Crippen LogP contribution in [0.4, 0.5) is 4.79 Å². The monoisotopic (exact) mass is 387 g/mol. The van der Waals surface area contributed by atoms with Crippen LogP contribution in [0.1, 0.15) is 44.1 Å². The third-order valence-electron chi connectivity index (χ3n) is 5.63. The van der Waals surface area contributed by atoms with Crippen molar-refractivity contribution in [3.63, 3.8) is 0 Å². The topological polar surface area (TPSA) is 79.0 Å². The molecule has 1 aromatic carbocycles. The van der Waals surface area contributed by atoms with Gasteiger partial charge in [-0.05, 0) is 18.4 Å². The van der Waals surface area contributed by atoms with Crippen LogP contribution in [-0.4, -0.2) is 60.0 Å². The first-order valence-electron chi connectivity index (χ1n) is 10.0. The molecule has 0 atom stereocenters. The lowest BCUT2D eigenvalue weighted by atomic mass is 9.90. The van der Waals surface area contributed by atoms with Gasteiger partial charge in [-0.25, -0.2) is 4.79 Å². The van der Waals surface area contributed by atoms with Gasteiger partial charge in [0.1, 0.15) is 12.1 Å². The van der Waals surface area contributed by atoms with Crippen molar-refractivity contribution in [2.75, 3.05) is 26.8 Å². The molecule has 1 aliphatic heterocycles. The zero-order valence-electron chi connectivity index (χ0n) is 16.5. The van der Waals surface area contributed by atoms with Crippen LogP contribution < -0.4 is 5.32 Å². The van der Waals surface area contributed by atoms with Crippen LogP contribution in [0, 0.1) is 0 Å². The Bertz CT molecular complexity index is 699. The SMILES string of the molecule is COCCN(Cc1ccccc1)C(=O)CN1C(=O)NC2(CCCCCC2)C1=O. The molecule has 2 fully saturated rings. The number of benzene rings is 1. The van der Waals surface area contributed by atoms with E-state index < -0.39 is 11.6 Å². The Morgan fingerprint density at radius 2 is 1.82 bits per heavy atom. The van der Waals surface area contributed by atoms with Crippen LogP contribution in [0.3, 0.4) is 0 Å². The summed E-state index contributed by atoms with van der Waals surface area (Å²) in [5.41, 5.74) is 0.175. The highest BCUT2D eigenvalue weighted by Crippen LogP contribution is 2.32. The highest BCUT2D eigenvalue weighted by Gasteiger charge is 2.51. The summed E-state index contributed by atoms with van der Waals surface area (Å²) in [7, 11) is 1.58. The highest BCUT2D eigenvalue weighted by molar-refractivity contribution is 6.09. The van der Waals surface area contributed by atoms with E-state index in [4.69, 9.17) is 4.74 Å². The van der Waals surface area contributed by atoms with Gasteiger partial charge in [-0.1, -0.05) is 56.0 Å². The second kappa shape index (κ2) is 9.19. The van der Waals surface area contributed by atoms with Crippen LogP contribution in [0.5, 0.6) is 0 Å². The molecule has 28 heavy (non-hydrogen) atoms. The van der Waals surface area contributed by atoms with Crippen molar-refractivity contribution in [2.45, 2.75) is 50.6 Å². The number of imide groups is 1. The summed E-state index contributed by atoms with van der Waals surface area (Å²) in [6, 6.07) is 9.20. The Balaban J connectivity index is 1.69. The van der Waals surface area contributed by atoms with Crippen LogP contribution in [0.25, 0.3) is 0 Å². The maximum atomic E-state index is 13.0. The Hall–Kier alpha value is -2.41. The number of carbonyl (C=O) groups excluding carboxylic acids is 3. The van der Waals surface area contributed by atoms with Crippen molar-refractivity contribution in [1.29, 1.82) is 0 Å². The molecular weight excluding hydrogens is 358 g/mol. The molecule has 7 heteroatoms. The number of methoxy groups -OCH3 is 1. The lowest BCUT2D eigenvalue weighted by molar-refractivity contribution is -0.140.